The molecule has 126 valence electrons. The molecule has 2 rings (SSSR count). The van der Waals surface area contributed by atoms with Crippen LogP contribution in [-0.2, 0) is 14.6 Å². The molecule has 1 aliphatic rings. The Morgan fingerprint density at radius 2 is 1.87 bits per heavy atom. The van der Waals surface area contributed by atoms with E-state index in [0.29, 0.717) is 11.3 Å². The molecular weight excluding hydrogens is 316 g/mol. The van der Waals surface area contributed by atoms with Crippen LogP contribution in [-0.4, -0.2) is 50.2 Å². The maximum atomic E-state index is 12.3. The van der Waals surface area contributed by atoms with Gasteiger partial charge in [-0.1, -0.05) is 0 Å². The van der Waals surface area contributed by atoms with Gasteiger partial charge in [0.15, 0.2) is 0 Å². The topological polar surface area (TPSA) is 83.6 Å². The number of rotatable bonds is 5. The summed E-state index contributed by atoms with van der Waals surface area (Å²) in [7, 11) is -3.16. The van der Waals surface area contributed by atoms with Crippen LogP contribution < -0.4 is 5.32 Å². The van der Waals surface area contributed by atoms with E-state index in [0.717, 1.165) is 37.8 Å². The third-order valence-corrected chi connectivity index (χ3v) is 4.79. The van der Waals surface area contributed by atoms with Crippen LogP contribution in [0.15, 0.2) is 18.2 Å². The summed E-state index contributed by atoms with van der Waals surface area (Å²) in [5.74, 6) is -0.513. The van der Waals surface area contributed by atoms with Gasteiger partial charge < -0.3 is 10.2 Å². The van der Waals surface area contributed by atoms with E-state index in [1.54, 1.807) is 18.2 Å². The second-order valence-electron chi connectivity index (χ2n) is 5.96. The van der Waals surface area contributed by atoms with Crippen LogP contribution in [0.25, 0.3) is 0 Å². The third-order valence-electron chi connectivity index (χ3n) is 3.84. The van der Waals surface area contributed by atoms with E-state index in [1.807, 2.05) is 11.8 Å². The standard InChI is InChI=1S/C16H22N2O4S/c1-12-11-13(16(20)18-8-3-4-9-18)5-6-14(12)17-15(19)7-10-23(2,21)22/h5-6,11H,3-4,7-10H2,1-2H3,(H,17,19). The molecule has 1 aromatic rings. The van der Waals surface area contributed by atoms with Crippen molar-refractivity contribution in [3.05, 3.63) is 29.3 Å². The van der Waals surface area contributed by atoms with Crippen LogP contribution in [0.5, 0.6) is 0 Å². The molecule has 0 radical (unpaired) electrons. The second kappa shape index (κ2) is 7.12. The Balaban J connectivity index is 2.01. The monoisotopic (exact) mass is 338 g/mol. The van der Waals surface area contributed by atoms with Gasteiger partial charge in [-0.05, 0) is 43.5 Å². The van der Waals surface area contributed by atoms with Crippen molar-refractivity contribution in [1.82, 2.24) is 4.90 Å². The minimum Gasteiger partial charge on any atom is -0.339 e. The third kappa shape index (κ3) is 5.06. The van der Waals surface area contributed by atoms with Crippen molar-refractivity contribution in [2.45, 2.75) is 26.2 Å². The predicted molar refractivity (Wildman–Crippen MR) is 89.3 cm³/mol. The number of nitrogens with zero attached hydrogens (tertiary/aromatic N) is 1. The van der Waals surface area contributed by atoms with E-state index in [2.05, 4.69) is 5.32 Å². The van der Waals surface area contributed by atoms with Crippen molar-refractivity contribution in [2.75, 3.05) is 30.4 Å². The number of carbonyl (C=O) groups is 2. The number of sulfone groups is 1. The van der Waals surface area contributed by atoms with Gasteiger partial charge in [0.05, 0.1) is 5.75 Å². The van der Waals surface area contributed by atoms with Crippen LogP contribution >= 0.6 is 0 Å². The van der Waals surface area contributed by atoms with Crippen LogP contribution in [0.1, 0.15) is 35.2 Å². The minimum atomic E-state index is -3.16. The van der Waals surface area contributed by atoms with Crippen molar-refractivity contribution in [1.29, 1.82) is 0 Å². The Kier molecular flexibility index (Phi) is 5.41. The highest BCUT2D eigenvalue weighted by atomic mass is 32.2. The first kappa shape index (κ1) is 17.5. The average Bonchev–Trinajstić information content (AvgIpc) is 3.00. The zero-order valence-corrected chi connectivity index (χ0v) is 14.3. The molecule has 1 fully saturated rings. The van der Waals surface area contributed by atoms with E-state index in [9.17, 15) is 18.0 Å². The summed E-state index contributed by atoms with van der Waals surface area (Å²) < 4.78 is 22.2. The van der Waals surface area contributed by atoms with E-state index in [1.165, 1.54) is 0 Å². The lowest BCUT2D eigenvalue weighted by Crippen LogP contribution is -2.27. The summed E-state index contributed by atoms with van der Waals surface area (Å²) in [6, 6.07) is 5.14. The SMILES string of the molecule is Cc1cc(C(=O)N2CCCC2)ccc1NC(=O)CCS(C)(=O)=O. The van der Waals surface area contributed by atoms with Crippen molar-refractivity contribution in [3.8, 4) is 0 Å². The summed E-state index contributed by atoms with van der Waals surface area (Å²) in [4.78, 5) is 25.9. The van der Waals surface area contributed by atoms with E-state index in [-0.39, 0.29) is 24.0 Å². The maximum absolute atomic E-state index is 12.3. The van der Waals surface area contributed by atoms with E-state index < -0.39 is 9.84 Å². The lowest BCUT2D eigenvalue weighted by atomic mass is 10.1. The number of nitrogens with one attached hydrogen (secondary N) is 1. The molecule has 0 aromatic heterocycles. The first-order chi connectivity index (χ1) is 10.8. The number of hydrogen-bond donors (Lipinski definition) is 1. The van der Waals surface area contributed by atoms with Gasteiger partial charge in [-0.15, -0.1) is 0 Å². The Morgan fingerprint density at radius 3 is 2.43 bits per heavy atom. The van der Waals surface area contributed by atoms with Crippen LogP contribution in [0.2, 0.25) is 0 Å². The average molecular weight is 338 g/mol. The smallest absolute Gasteiger partial charge is 0.253 e. The molecule has 1 aromatic carbocycles. The van der Waals surface area contributed by atoms with Crippen LogP contribution in [0.3, 0.4) is 0 Å². The van der Waals surface area contributed by atoms with Gasteiger partial charge in [0.2, 0.25) is 5.91 Å². The molecule has 1 heterocycles. The molecule has 1 saturated heterocycles. The normalized spacial score (nSPS) is 14.8. The van der Waals surface area contributed by atoms with Crippen LogP contribution in [0, 0.1) is 6.92 Å². The molecule has 0 unspecified atom stereocenters. The summed E-state index contributed by atoms with van der Waals surface area (Å²) in [6.07, 6.45) is 3.11. The number of aryl methyl sites for hydroxylation is 1. The van der Waals surface area contributed by atoms with Gasteiger partial charge in [0, 0.05) is 37.0 Å². The number of carbonyl (C=O) groups excluding carboxylic acids is 2. The summed E-state index contributed by atoms with van der Waals surface area (Å²) in [6.45, 7) is 3.40. The fraction of sp³-hybridized carbons (Fsp3) is 0.500. The van der Waals surface area contributed by atoms with E-state index in [4.69, 9.17) is 0 Å². The zero-order valence-electron chi connectivity index (χ0n) is 13.5. The number of hydrogen-bond acceptors (Lipinski definition) is 4. The molecule has 0 spiro atoms. The number of anilines is 1. The summed E-state index contributed by atoms with van der Waals surface area (Å²) in [5, 5.41) is 2.69. The van der Waals surface area contributed by atoms with Crippen molar-refractivity contribution in [2.24, 2.45) is 0 Å². The molecular formula is C16H22N2O4S. The first-order valence-corrected chi connectivity index (χ1v) is 9.70. The largest absolute Gasteiger partial charge is 0.339 e. The van der Waals surface area contributed by atoms with Crippen molar-refractivity contribution < 1.29 is 18.0 Å². The number of likely N-dealkylation sites (tertiary alicyclic amines) is 1. The van der Waals surface area contributed by atoms with Crippen molar-refractivity contribution in [3.63, 3.8) is 0 Å². The Bertz CT molecular complexity index is 707. The molecule has 2 amide bonds. The molecule has 23 heavy (non-hydrogen) atoms. The lowest BCUT2D eigenvalue weighted by molar-refractivity contribution is -0.115. The number of benzene rings is 1. The first-order valence-electron chi connectivity index (χ1n) is 7.64. The summed E-state index contributed by atoms with van der Waals surface area (Å²) >= 11 is 0. The minimum absolute atomic E-state index is 0.0144. The van der Waals surface area contributed by atoms with Gasteiger partial charge in [-0.2, -0.15) is 0 Å². The fourth-order valence-electron chi connectivity index (χ4n) is 2.53. The van der Waals surface area contributed by atoms with Gasteiger partial charge in [-0.25, -0.2) is 8.42 Å². The highest BCUT2D eigenvalue weighted by molar-refractivity contribution is 7.90. The summed E-state index contributed by atoms with van der Waals surface area (Å²) in [5.41, 5.74) is 1.99. The highest BCUT2D eigenvalue weighted by Crippen LogP contribution is 2.19. The lowest BCUT2D eigenvalue weighted by Gasteiger charge is -2.16. The highest BCUT2D eigenvalue weighted by Gasteiger charge is 2.20. The van der Waals surface area contributed by atoms with Gasteiger partial charge in [0.25, 0.3) is 5.91 Å². The molecule has 1 aliphatic heterocycles. The van der Waals surface area contributed by atoms with Crippen molar-refractivity contribution >= 4 is 27.3 Å². The molecule has 1 N–H and O–H groups in total. The molecule has 0 aliphatic carbocycles. The molecule has 6 nitrogen and oxygen atoms in total. The van der Waals surface area contributed by atoms with Gasteiger partial charge in [0.1, 0.15) is 9.84 Å². The quantitative estimate of drug-likeness (QED) is 0.884. The second-order valence-corrected chi connectivity index (χ2v) is 8.22. The number of amides is 2. The van der Waals surface area contributed by atoms with E-state index >= 15 is 0 Å². The Morgan fingerprint density at radius 1 is 1.22 bits per heavy atom. The molecule has 7 heteroatoms. The van der Waals surface area contributed by atoms with Crippen LogP contribution in [0.4, 0.5) is 5.69 Å². The molecule has 0 atom stereocenters. The van der Waals surface area contributed by atoms with Gasteiger partial charge in [-0.3, -0.25) is 9.59 Å². The zero-order chi connectivity index (χ0) is 17.0. The Labute approximate surface area is 136 Å². The molecule has 0 bridgehead atoms. The predicted octanol–water partition coefficient (Wildman–Crippen LogP) is 1.60. The molecule has 0 saturated carbocycles. The van der Waals surface area contributed by atoms with Gasteiger partial charge >= 0.3 is 0 Å². The Hall–Kier alpha value is -1.89. The fourth-order valence-corrected chi connectivity index (χ4v) is 3.09. The maximum Gasteiger partial charge on any atom is 0.253 e.